The average Bonchev–Trinajstić information content (AvgIpc) is 2.07. The van der Waals surface area contributed by atoms with Crippen molar-refractivity contribution < 1.29 is 0 Å². The van der Waals surface area contributed by atoms with Gasteiger partial charge in [-0.2, -0.15) is 0 Å². The summed E-state index contributed by atoms with van der Waals surface area (Å²) in [4.78, 5) is 8.28. The summed E-state index contributed by atoms with van der Waals surface area (Å²) in [5.41, 5.74) is 6.63. The van der Waals surface area contributed by atoms with Crippen LogP contribution in [-0.4, -0.2) is 9.97 Å². The number of hydrogen-bond donors (Lipinski definition) is 1. The van der Waals surface area contributed by atoms with E-state index in [1.165, 1.54) is 0 Å². The third-order valence-electron chi connectivity index (χ3n) is 1.68. The summed E-state index contributed by atoms with van der Waals surface area (Å²) in [7, 11) is 0. The highest BCUT2D eigenvalue weighted by atomic mass is 127. The Morgan fingerprint density at radius 1 is 1.31 bits per heavy atom. The summed E-state index contributed by atoms with van der Waals surface area (Å²) in [5.74, 6) is 0.510. The molecule has 0 aliphatic rings. The van der Waals surface area contributed by atoms with E-state index in [0.29, 0.717) is 10.6 Å². The quantitative estimate of drug-likeness (QED) is 0.587. The van der Waals surface area contributed by atoms with Crippen LogP contribution in [0.4, 0.5) is 5.82 Å². The lowest BCUT2D eigenvalue weighted by atomic mass is 10.2. The van der Waals surface area contributed by atoms with Gasteiger partial charge in [-0.25, -0.2) is 9.97 Å². The number of nitrogens with zero attached hydrogens (tertiary/aromatic N) is 2. The van der Waals surface area contributed by atoms with Gasteiger partial charge in [0, 0.05) is 8.96 Å². The molecule has 0 atom stereocenters. The van der Waals surface area contributed by atoms with Crippen LogP contribution in [0.25, 0.3) is 10.9 Å². The molecule has 2 rings (SSSR count). The maximum atomic E-state index is 5.74. The summed E-state index contributed by atoms with van der Waals surface area (Å²) >= 11 is 5.44. The molecule has 2 N–H and O–H groups in total. The van der Waals surface area contributed by atoms with E-state index in [9.17, 15) is 0 Å². The third-order valence-corrected chi connectivity index (χ3v) is 2.90. The first-order valence-electron chi connectivity index (χ1n) is 3.56. The van der Waals surface area contributed by atoms with Crippen molar-refractivity contribution in [1.82, 2.24) is 9.97 Å². The van der Waals surface area contributed by atoms with Gasteiger partial charge in [0.15, 0.2) is 4.73 Å². The van der Waals surface area contributed by atoms with E-state index in [0.717, 1.165) is 14.5 Å². The number of nitrogens with two attached hydrogens (primary N) is 1. The third kappa shape index (κ3) is 1.62. The molecule has 3 nitrogen and oxygen atoms in total. The van der Waals surface area contributed by atoms with Gasteiger partial charge in [0.2, 0.25) is 0 Å². The molecular weight excluding hydrogens is 345 g/mol. The molecule has 1 aromatic heterocycles. The van der Waals surface area contributed by atoms with Crippen LogP contribution >= 0.6 is 38.5 Å². The Hall–Kier alpha value is -0.430. The van der Waals surface area contributed by atoms with Crippen LogP contribution < -0.4 is 5.73 Å². The highest BCUT2D eigenvalue weighted by Gasteiger charge is 2.05. The normalized spacial score (nSPS) is 10.6. The van der Waals surface area contributed by atoms with Crippen LogP contribution in [0.2, 0.25) is 0 Å². The minimum absolute atomic E-state index is 0.510. The van der Waals surface area contributed by atoms with Gasteiger partial charge < -0.3 is 5.73 Å². The molecule has 0 aliphatic heterocycles. The number of hydrogen-bond acceptors (Lipinski definition) is 3. The Balaban J connectivity index is 2.94. The van der Waals surface area contributed by atoms with Gasteiger partial charge in [0.05, 0.1) is 5.52 Å². The average molecular weight is 350 g/mol. The number of aromatic nitrogens is 2. The van der Waals surface area contributed by atoms with Crippen LogP contribution in [0.5, 0.6) is 0 Å². The zero-order valence-electron chi connectivity index (χ0n) is 6.46. The lowest BCUT2D eigenvalue weighted by molar-refractivity contribution is 1.16. The Morgan fingerprint density at radius 2 is 2.08 bits per heavy atom. The van der Waals surface area contributed by atoms with E-state index >= 15 is 0 Å². The summed E-state index contributed by atoms with van der Waals surface area (Å²) < 4.78 is 1.60. The van der Waals surface area contributed by atoms with Crippen LogP contribution in [0.1, 0.15) is 0 Å². The smallest absolute Gasteiger partial charge is 0.199 e. The molecule has 0 unspecified atom stereocenters. The van der Waals surface area contributed by atoms with E-state index in [2.05, 4.69) is 48.5 Å². The molecule has 13 heavy (non-hydrogen) atoms. The molecule has 0 saturated carbocycles. The summed E-state index contributed by atoms with van der Waals surface area (Å²) in [6.07, 6.45) is 0. The predicted molar refractivity (Wildman–Crippen MR) is 64.4 cm³/mol. The lowest BCUT2D eigenvalue weighted by Crippen LogP contribution is -1.96. The maximum absolute atomic E-state index is 5.74. The zero-order valence-corrected chi connectivity index (χ0v) is 10.2. The molecule has 1 aromatic carbocycles. The Bertz CT molecular complexity index is 472. The minimum Gasteiger partial charge on any atom is -0.383 e. The molecule has 1 heterocycles. The molecule has 66 valence electrons. The number of anilines is 1. The summed E-state index contributed by atoms with van der Waals surface area (Å²) in [5, 5.41) is 0.898. The van der Waals surface area contributed by atoms with Gasteiger partial charge in [-0.3, -0.25) is 0 Å². The van der Waals surface area contributed by atoms with Gasteiger partial charge >= 0.3 is 0 Å². The van der Waals surface area contributed by atoms with Gasteiger partial charge in [0.1, 0.15) is 5.82 Å². The number of fused-ring (bicyclic) bond motifs is 1. The first-order valence-corrected chi connectivity index (χ1v) is 5.43. The van der Waals surface area contributed by atoms with Gasteiger partial charge in [-0.05, 0) is 50.7 Å². The number of benzene rings is 1. The highest BCUT2D eigenvalue weighted by molar-refractivity contribution is 14.1. The van der Waals surface area contributed by atoms with Crippen molar-refractivity contribution in [3.05, 3.63) is 26.5 Å². The monoisotopic (exact) mass is 349 g/mol. The van der Waals surface area contributed by atoms with Crippen molar-refractivity contribution in [2.45, 2.75) is 0 Å². The van der Waals surface area contributed by atoms with Crippen LogP contribution in [0.3, 0.4) is 0 Å². The fourth-order valence-electron chi connectivity index (χ4n) is 1.11. The summed E-state index contributed by atoms with van der Waals surface area (Å²) in [6.45, 7) is 0. The molecule has 0 amide bonds. The van der Waals surface area contributed by atoms with Crippen molar-refractivity contribution in [2.24, 2.45) is 0 Å². The zero-order chi connectivity index (χ0) is 9.42. The SMILES string of the molecule is Nc1nc(Br)nc2c(I)cccc12. The number of rotatable bonds is 0. The fourth-order valence-corrected chi connectivity index (χ4v) is 2.10. The number of para-hydroxylation sites is 1. The largest absolute Gasteiger partial charge is 0.383 e. The van der Waals surface area contributed by atoms with E-state index in [1.54, 1.807) is 0 Å². The van der Waals surface area contributed by atoms with Crippen molar-refractivity contribution in [3.8, 4) is 0 Å². The molecule has 0 spiro atoms. The molecule has 0 fully saturated rings. The van der Waals surface area contributed by atoms with E-state index in [-0.39, 0.29) is 0 Å². The van der Waals surface area contributed by atoms with Crippen LogP contribution in [0.15, 0.2) is 22.9 Å². The maximum Gasteiger partial charge on any atom is 0.199 e. The Kier molecular flexibility index (Phi) is 2.37. The standard InChI is InChI=1S/C8H5BrIN3/c9-8-12-6-4(7(11)13-8)2-1-3-5(6)10/h1-3H,(H2,11,12,13). The topological polar surface area (TPSA) is 51.8 Å². The van der Waals surface area contributed by atoms with E-state index in [4.69, 9.17) is 5.73 Å². The molecule has 0 aliphatic carbocycles. The van der Waals surface area contributed by atoms with Crippen molar-refractivity contribution in [3.63, 3.8) is 0 Å². The second-order valence-corrected chi connectivity index (χ2v) is 4.39. The first kappa shape index (κ1) is 9.14. The van der Waals surface area contributed by atoms with Gasteiger partial charge in [-0.1, -0.05) is 6.07 Å². The van der Waals surface area contributed by atoms with Crippen molar-refractivity contribution in [2.75, 3.05) is 5.73 Å². The van der Waals surface area contributed by atoms with Gasteiger partial charge in [0.25, 0.3) is 0 Å². The first-order chi connectivity index (χ1) is 6.18. The lowest BCUT2D eigenvalue weighted by Gasteiger charge is -2.02. The summed E-state index contributed by atoms with van der Waals surface area (Å²) in [6, 6.07) is 5.85. The molecule has 0 bridgehead atoms. The highest BCUT2D eigenvalue weighted by Crippen LogP contribution is 2.23. The second kappa shape index (κ2) is 3.38. The fraction of sp³-hybridized carbons (Fsp3) is 0. The minimum atomic E-state index is 0.510. The Labute approximate surface area is 97.0 Å². The van der Waals surface area contributed by atoms with Crippen molar-refractivity contribution in [1.29, 1.82) is 0 Å². The predicted octanol–water partition coefficient (Wildman–Crippen LogP) is 2.58. The number of nitrogen functional groups attached to an aromatic ring is 1. The van der Waals surface area contributed by atoms with E-state index < -0.39 is 0 Å². The molecule has 2 aromatic rings. The van der Waals surface area contributed by atoms with E-state index in [1.807, 2.05) is 18.2 Å². The Morgan fingerprint density at radius 3 is 2.85 bits per heavy atom. The molecule has 5 heteroatoms. The van der Waals surface area contributed by atoms with Crippen molar-refractivity contribution >= 4 is 55.2 Å². The van der Waals surface area contributed by atoms with Crippen LogP contribution in [0, 0.1) is 3.57 Å². The molecule has 0 radical (unpaired) electrons. The van der Waals surface area contributed by atoms with Crippen LogP contribution in [-0.2, 0) is 0 Å². The second-order valence-electron chi connectivity index (χ2n) is 2.51. The molecule has 0 saturated heterocycles. The number of halogens is 2. The van der Waals surface area contributed by atoms with Gasteiger partial charge in [-0.15, -0.1) is 0 Å². The molecular formula is C8H5BrIN3.